The Balaban J connectivity index is 2.19. The fourth-order valence-corrected chi connectivity index (χ4v) is 14.6. The van der Waals surface area contributed by atoms with E-state index in [-0.39, 0.29) is 0 Å². The first kappa shape index (κ1) is 16.0. The number of carbonyl (C=O) groups excluding carboxylic acids is 1. The van der Waals surface area contributed by atoms with Gasteiger partial charge in [-0.1, -0.05) is 0 Å². The Bertz CT molecular complexity index is 415. The molecule has 0 radical (unpaired) electrons. The van der Waals surface area contributed by atoms with Crippen LogP contribution in [0.4, 0.5) is 0 Å². The maximum absolute atomic E-state index is 11.6. The van der Waals surface area contributed by atoms with Crippen molar-refractivity contribution in [3.05, 3.63) is 30.3 Å². The third kappa shape index (κ3) is 4.29. The van der Waals surface area contributed by atoms with Gasteiger partial charge in [0.05, 0.1) is 0 Å². The van der Waals surface area contributed by atoms with E-state index in [1.54, 1.807) is 0 Å². The first-order chi connectivity index (χ1) is 9.08. The summed E-state index contributed by atoms with van der Waals surface area (Å²) in [6.07, 6.45) is 7.30. The van der Waals surface area contributed by atoms with E-state index in [9.17, 15) is 4.79 Å². The van der Waals surface area contributed by atoms with Crippen molar-refractivity contribution in [3.8, 4) is 0 Å². The molecule has 1 fully saturated rings. The second-order valence-corrected chi connectivity index (χ2v) is 32.4. The van der Waals surface area contributed by atoms with Gasteiger partial charge in [0.15, 0.2) is 0 Å². The van der Waals surface area contributed by atoms with Crippen molar-refractivity contribution in [2.45, 2.75) is 44.1 Å². The SMILES string of the molecule is O=CC1([O][Sn]([Br])([Br])[c]2ccccc2)CCCCCC1. The first-order valence-corrected chi connectivity index (χ1v) is 22.1. The van der Waals surface area contributed by atoms with Crippen LogP contribution in [0.25, 0.3) is 0 Å². The number of hydrogen-bond donors (Lipinski definition) is 0. The molecule has 0 unspecified atom stereocenters. The number of halogens is 2. The molecule has 0 bridgehead atoms. The van der Waals surface area contributed by atoms with E-state index in [0.717, 1.165) is 32.0 Å². The van der Waals surface area contributed by atoms with Crippen LogP contribution in [0, 0.1) is 0 Å². The van der Waals surface area contributed by atoms with Crippen molar-refractivity contribution in [2.24, 2.45) is 0 Å². The molecule has 2 rings (SSSR count). The first-order valence-electron chi connectivity index (χ1n) is 6.68. The van der Waals surface area contributed by atoms with E-state index in [4.69, 9.17) is 3.07 Å². The summed E-state index contributed by atoms with van der Waals surface area (Å²) in [6, 6.07) is 10.1. The average Bonchev–Trinajstić information content (AvgIpc) is 2.65. The molecular formula is C14H18Br2O2Sn. The van der Waals surface area contributed by atoms with E-state index in [1.165, 1.54) is 16.4 Å². The fourth-order valence-electron chi connectivity index (χ4n) is 2.52. The van der Waals surface area contributed by atoms with Crippen LogP contribution < -0.4 is 3.58 Å². The van der Waals surface area contributed by atoms with E-state index >= 15 is 0 Å². The Kier molecular flexibility index (Phi) is 5.93. The minimum atomic E-state index is -3.20. The second-order valence-electron chi connectivity index (χ2n) is 5.08. The molecule has 5 heteroatoms. The van der Waals surface area contributed by atoms with Gasteiger partial charge in [-0.15, -0.1) is 0 Å². The van der Waals surface area contributed by atoms with E-state index in [0.29, 0.717) is 0 Å². The number of aldehydes is 1. The fraction of sp³-hybridized carbons (Fsp3) is 0.500. The summed E-state index contributed by atoms with van der Waals surface area (Å²) in [6.45, 7) is 0. The van der Waals surface area contributed by atoms with Crippen LogP contribution in [0.1, 0.15) is 38.5 Å². The van der Waals surface area contributed by atoms with Gasteiger partial charge in [0, 0.05) is 0 Å². The molecule has 19 heavy (non-hydrogen) atoms. The topological polar surface area (TPSA) is 26.3 Å². The zero-order valence-corrected chi connectivity index (χ0v) is 16.8. The molecule has 104 valence electrons. The molecule has 1 aliphatic carbocycles. The van der Waals surface area contributed by atoms with Gasteiger partial charge < -0.3 is 0 Å². The average molecular weight is 497 g/mol. The summed E-state index contributed by atoms with van der Waals surface area (Å²) >= 11 is 4.34. The molecule has 0 saturated heterocycles. The second kappa shape index (κ2) is 7.05. The Morgan fingerprint density at radius 1 is 1.05 bits per heavy atom. The Morgan fingerprint density at radius 2 is 1.63 bits per heavy atom. The summed E-state index contributed by atoms with van der Waals surface area (Å²) in [4.78, 5) is 11.6. The van der Waals surface area contributed by atoms with Crippen LogP contribution in [0.5, 0.6) is 0 Å². The van der Waals surface area contributed by atoms with Gasteiger partial charge in [-0.3, -0.25) is 0 Å². The van der Waals surface area contributed by atoms with Gasteiger partial charge in [-0.2, -0.15) is 0 Å². The monoisotopic (exact) mass is 496 g/mol. The molecule has 1 aromatic carbocycles. The van der Waals surface area contributed by atoms with Gasteiger partial charge in [-0.25, -0.2) is 0 Å². The number of hydrogen-bond acceptors (Lipinski definition) is 2. The molecule has 1 aromatic rings. The van der Waals surface area contributed by atoms with Crippen LogP contribution in [-0.4, -0.2) is 26.2 Å². The van der Waals surface area contributed by atoms with E-state index in [2.05, 4.69) is 37.5 Å². The van der Waals surface area contributed by atoms with Crippen molar-refractivity contribution in [3.63, 3.8) is 0 Å². The van der Waals surface area contributed by atoms with Crippen molar-refractivity contribution in [1.29, 1.82) is 0 Å². The number of benzene rings is 1. The van der Waals surface area contributed by atoms with Gasteiger partial charge in [0.1, 0.15) is 0 Å². The van der Waals surface area contributed by atoms with Crippen LogP contribution in [-0.2, 0) is 7.87 Å². The number of carbonyl (C=O) groups is 1. The van der Waals surface area contributed by atoms with Crippen LogP contribution >= 0.6 is 25.4 Å². The molecule has 2 nitrogen and oxygen atoms in total. The molecule has 0 spiro atoms. The molecule has 0 atom stereocenters. The number of rotatable bonds is 4. The van der Waals surface area contributed by atoms with Crippen molar-refractivity contribution in [2.75, 3.05) is 0 Å². The molecule has 0 aliphatic heterocycles. The standard InChI is InChI=1S/C8H13O2.C6H5.2BrH.Sn/c9-7-8(10)5-3-1-2-4-6-8;1-2-4-6-5-3-1;;;/h7H,1-6H2;1-5H;2*1H;/q-1;;;;+3/p-2. The van der Waals surface area contributed by atoms with E-state index in [1.807, 2.05) is 18.2 Å². The quantitative estimate of drug-likeness (QED) is 0.359. The summed E-state index contributed by atoms with van der Waals surface area (Å²) in [7, 11) is 0. The Hall–Kier alpha value is 0.609. The van der Waals surface area contributed by atoms with Gasteiger partial charge in [0.2, 0.25) is 0 Å². The van der Waals surface area contributed by atoms with Crippen molar-refractivity contribution in [1.82, 2.24) is 0 Å². The van der Waals surface area contributed by atoms with E-state index < -0.39 is 19.9 Å². The van der Waals surface area contributed by atoms with Crippen LogP contribution in [0.3, 0.4) is 0 Å². The molecule has 0 N–H and O–H groups in total. The summed E-state index contributed by atoms with van der Waals surface area (Å²) in [5.74, 6) is 0. The molecular weight excluding hydrogens is 479 g/mol. The zero-order valence-electron chi connectivity index (χ0n) is 10.8. The predicted molar refractivity (Wildman–Crippen MR) is 87.3 cm³/mol. The molecule has 0 aromatic heterocycles. The zero-order chi connectivity index (χ0) is 13.8. The Morgan fingerprint density at radius 3 is 2.16 bits per heavy atom. The molecule has 1 saturated carbocycles. The molecule has 1 aliphatic rings. The summed E-state index contributed by atoms with van der Waals surface area (Å²) in [5.41, 5.74) is -0.588. The third-order valence-electron chi connectivity index (χ3n) is 3.61. The predicted octanol–water partition coefficient (Wildman–Crippen LogP) is 3.93. The van der Waals surface area contributed by atoms with Gasteiger partial charge in [-0.05, 0) is 0 Å². The maximum atomic E-state index is 11.6. The van der Waals surface area contributed by atoms with Crippen LogP contribution in [0.15, 0.2) is 30.3 Å². The summed E-state index contributed by atoms with van der Waals surface area (Å²) < 4.78 is 7.53. The van der Waals surface area contributed by atoms with Gasteiger partial charge in [0.25, 0.3) is 0 Å². The Labute approximate surface area is 131 Å². The van der Waals surface area contributed by atoms with Gasteiger partial charge >= 0.3 is 132 Å². The summed E-state index contributed by atoms with van der Waals surface area (Å²) in [5, 5.41) is 0. The van der Waals surface area contributed by atoms with Crippen molar-refractivity contribution < 1.29 is 7.87 Å². The molecule has 0 heterocycles. The molecule has 0 amide bonds. The third-order valence-corrected chi connectivity index (χ3v) is 16.7. The van der Waals surface area contributed by atoms with Crippen LogP contribution in [0.2, 0.25) is 0 Å². The normalized spacial score (nSPS) is 19.7. The van der Waals surface area contributed by atoms with Crippen molar-refractivity contribution >= 4 is 49.6 Å². The minimum absolute atomic E-state index is 0.588.